The molecule has 0 spiro atoms. The second kappa shape index (κ2) is 8.04. The van der Waals surface area contributed by atoms with E-state index in [2.05, 4.69) is 4.90 Å². The molecular formula is C18H23FN2O3S2. The van der Waals surface area contributed by atoms with Crippen molar-refractivity contribution >= 4 is 21.4 Å². The van der Waals surface area contributed by atoms with Gasteiger partial charge in [0.2, 0.25) is 10.0 Å². The molecule has 2 heterocycles. The van der Waals surface area contributed by atoms with E-state index in [1.54, 1.807) is 22.5 Å². The minimum Gasteiger partial charge on any atom is -0.492 e. The van der Waals surface area contributed by atoms with E-state index in [1.807, 2.05) is 13.8 Å². The Labute approximate surface area is 158 Å². The lowest BCUT2D eigenvalue weighted by Gasteiger charge is -2.33. The number of nitrogens with zero attached hydrogens (tertiary/aromatic N) is 2. The van der Waals surface area contributed by atoms with E-state index in [0.29, 0.717) is 50.0 Å². The number of halogens is 1. The van der Waals surface area contributed by atoms with Gasteiger partial charge in [0.1, 0.15) is 18.2 Å². The second-order valence-corrected chi connectivity index (χ2v) is 9.70. The molecule has 1 saturated heterocycles. The Hall–Kier alpha value is -1.48. The fourth-order valence-electron chi connectivity index (χ4n) is 3.05. The summed E-state index contributed by atoms with van der Waals surface area (Å²) in [6, 6.07) is 7.83. The SMILES string of the molecule is Cc1cc(S(=O)(=O)N2CCN(CCOc3cccc(F)c3)CC2)c(C)s1. The monoisotopic (exact) mass is 398 g/mol. The van der Waals surface area contributed by atoms with Crippen molar-refractivity contribution in [2.75, 3.05) is 39.3 Å². The van der Waals surface area contributed by atoms with Gasteiger partial charge in [-0.15, -0.1) is 11.3 Å². The summed E-state index contributed by atoms with van der Waals surface area (Å²) in [6.45, 7) is 7.16. The van der Waals surface area contributed by atoms with Gasteiger partial charge in [0.25, 0.3) is 0 Å². The van der Waals surface area contributed by atoms with Crippen LogP contribution in [0.1, 0.15) is 9.75 Å². The van der Waals surface area contributed by atoms with E-state index < -0.39 is 10.0 Å². The minimum atomic E-state index is -3.42. The first-order valence-electron chi connectivity index (χ1n) is 8.54. The Balaban J connectivity index is 1.50. The zero-order valence-corrected chi connectivity index (χ0v) is 16.6. The molecule has 0 amide bonds. The molecule has 0 radical (unpaired) electrons. The summed E-state index contributed by atoms with van der Waals surface area (Å²) in [5.74, 6) is 0.190. The molecule has 26 heavy (non-hydrogen) atoms. The summed E-state index contributed by atoms with van der Waals surface area (Å²) in [6.07, 6.45) is 0. The predicted molar refractivity (Wildman–Crippen MR) is 101 cm³/mol. The molecule has 0 atom stereocenters. The molecule has 0 saturated carbocycles. The lowest BCUT2D eigenvalue weighted by molar-refractivity contribution is 0.158. The summed E-state index contributed by atoms with van der Waals surface area (Å²) >= 11 is 1.51. The Morgan fingerprint density at radius 1 is 1.15 bits per heavy atom. The first-order chi connectivity index (χ1) is 12.4. The number of thiophene rings is 1. The molecule has 142 valence electrons. The number of rotatable bonds is 6. The molecule has 1 aliphatic heterocycles. The van der Waals surface area contributed by atoms with Gasteiger partial charge in [0, 0.05) is 48.5 Å². The van der Waals surface area contributed by atoms with Gasteiger partial charge < -0.3 is 4.74 Å². The molecular weight excluding hydrogens is 375 g/mol. The molecule has 1 aromatic heterocycles. The van der Waals surface area contributed by atoms with Gasteiger partial charge in [0.15, 0.2) is 0 Å². The van der Waals surface area contributed by atoms with Gasteiger partial charge in [-0.2, -0.15) is 4.31 Å². The van der Waals surface area contributed by atoms with Crippen LogP contribution in [0, 0.1) is 19.7 Å². The zero-order chi connectivity index (χ0) is 18.7. The summed E-state index contributed by atoms with van der Waals surface area (Å²) in [7, 11) is -3.42. The van der Waals surface area contributed by atoms with Crippen molar-refractivity contribution in [1.82, 2.24) is 9.21 Å². The van der Waals surface area contributed by atoms with Crippen molar-refractivity contribution in [3.63, 3.8) is 0 Å². The Morgan fingerprint density at radius 2 is 1.88 bits per heavy atom. The highest BCUT2D eigenvalue weighted by Crippen LogP contribution is 2.28. The van der Waals surface area contributed by atoms with Crippen molar-refractivity contribution in [2.45, 2.75) is 18.7 Å². The van der Waals surface area contributed by atoms with Crippen molar-refractivity contribution in [2.24, 2.45) is 0 Å². The summed E-state index contributed by atoms with van der Waals surface area (Å²) in [4.78, 5) is 4.45. The molecule has 5 nitrogen and oxygen atoms in total. The van der Waals surface area contributed by atoms with Crippen LogP contribution in [0.4, 0.5) is 4.39 Å². The largest absolute Gasteiger partial charge is 0.492 e. The number of sulfonamides is 1. The van der Waals surface area contributed by atoms with Crippen LogP contribution in [0.5, 0.6) is 5.75 Å². The number of aryl methyl sites for hydroxylation is 2. The summed E-state index contributed by atoms with van der Waals surface area (Å²) in [5.41, 5.74) is 0. The number of hydrogen-bond acceptors (Lipinski definition) is 5. The second-order valence-electron chi connectivity index (χ2n) is 6.33. The van der Waals surface area contributed by atoms with E-state index in [4.69, 9.17) is 4.74 Å². The molecule has 0 bridgehead atoms. The molecule has 0 N–H and O–H groups in total. The van der Waals surface area contributed by atoms with E-state index in [9.17, 15) is 12.8 Å². The van der Waals surface area contributed by atoms with Crippen LogP contribution in [-0.2, 0) is 10.0 Å². The molecule has 2 aromatic rings. The maximum Gasteiger partial charge on any atom is 0.244 e. The number of piperazine rings is 1. The van der Waals surface area contributed by atoms with Crippen LogP contribution in [0.3, 0.4) is 0 Å². The molecule has 1 fully saturated rings. The van der Waals surface area contributed by atoms with Gasteiger partial charge in [-0.3, -0.25) is 4.90 Å². The lowest BCUT2D eigenvalue weighted by Crippen LogP contribution is -2.49. The molecule has 0 unspecified atom stereocenters. The number of ether oxygens (including phenoxy) is 1. The smallest absolute Gasteiger partial charge is 0.244 e. The maximum atomic E-state index is 13.1. The highest BCUT2D eigenvalue weighted by Gasteiger charge is 2.30. The first-order valence-corrected chi connectivity index (χ1v) is 10.8. The summed E-state index contributed by atoms with van der Waals surface area (Å²) < 4.78 is 45.9. The topological polar surface area (TPSA) is 49.9 Å². The highest BCUT2D eigenvalue weighted by molar-refractivity contribution is 7.89. The lowest BCUT2D eigenvalue weighted by atomic mass is 10.3. The third-order valence-corrected chi connectivity index (χ3v) is 7.54. The van der Waals surface area contributed by atoms with Crippen LogP contribution in [-0.4, -0.2) is 57.0 Å². The van der Waals surface area contributed by atoms with Crippen LogP contribution >= 0.6 is 11.3 Å². The molecule has 8 heteroatoms. The van der Waals surface area contributed by atoms with Crippen molar-refractivity contribution in [1.29, 1.82) is 0 Å². The Kier molecular flexibility index (Phi) is 5.96. The fraction of sp³-hybridized carbons (Fsp3) is 0.444. The normalized spacial score (nSPS) is 16.7. The quantitative estimate of drug-likeness (QED) is 0.751. The van der Waals surface area contributed by atoms with Crippen LogP contribution < -0.4 is 4.74 Å². The van der Waals surface area contributed by atoms with Gasteiger partial charge in [-0.05, 0) is 32.0 Å². The highest BCUT2D eigenvalue weighted by atomic mass is 32.2. The van der Waals surface area contributed by atoms with Gasteiger partial charge in [0.05, 0.1) is 4.90 Å². The van der Waals surface area contributed by atoms with Crippen molar-refractivity contribution in [3.05, 3.63) is 45.9 Å². The standard InChI is InChI=1S/C18H23FN2O3S2/c1-14-12-18(15(2)25-14)26(22,23)21-8-6-20(7-9-21)10-11-24-17-5-3-4-16(19)13-17/h3-5,12-13H,6-11H2,1-2H3. The number of benzene rings is 1. The Bertz CT molecular complexity index is 859. The van der Waals surface area contributed by atoms with E-state index in [0.717, 1.165) is 9.75 Å². The van der Waals surface area contributed by atoms with Crippen LogP contribution in [0.25, 0.3) is 0 Å². The molecule has 3 rings (SSSR count). The van der Waals surface area contributed by atoms with Crippen LogP contribution in [0.15, 0.2) is 35.2 Å². The van der Waals surface area contributed by atoms with E-state index in [-0.39, 0.29) is 5.82 Å². The van der Waals surface area contributed by atoms with Gasteiger partial charge in [-0.1, -0.05) is 6.07 Å². The van der Waals surface area contributed by atoms with Crippen molar-refractivity contribution in [3.8, 4) is 5.75 Å². The zero-order valence-electron chi connectivity index (χ0n) is 14.9. The van der Waals surface area contributed by atoms with E-state index in [1.165, 1.54) is 23.5 Å². The molecule has 1 aliphatic rings. The third kappa shape index (κ3) is 4.43. The molecule has 0 aliphatic carbocycles. The number of hydrogen-bond donors (Lipinski definition) is 0. The van der Waals surface area contributed by atoms with E-state index >= 15 is 0 Å². The predicted octanol–water partition coefficient (Wildman–Crippen LogP) is 2.89. The van der Waals surface area contributed by atoms with Gasteiger partial charge in [-0.25, -0.2) is 12.8 Å². The average molecular weight is 399 g/mol. The average Bonchev–Trinajstić information content (AvgIpc) is 2.95. The van der Waals surface area contributed by atoms with Crippen LogP contribution in [0.2, 0.25) is 0 Å². The Morgan fingerprint density at radius 3 is 2.50 bits per heavy atom. The maximum absolute atomic E-state index is 13.1. The third-order valence-electron chi connectivity index (χ3n) is 4.42. The summed E-state index contributed by atoms with van der Waals surface area (Å²) in [5, 5.41) is 0. The fourth-order valence-corrected chi connectivity index (χ4v) is 5.99. The van der Waals surface area contributed by atoms with Gasteiger partial charge >= 0.3 is 0 Å². The minimum absolute atomic E-state index is 0.319. The molecule has 1 aromatic carbocycles. The first kappa shape index (κ1) is 19.3. The van der Waals surface area contributed by atoms with Crippen molar-refractivity contribution < 1.29 is 17.5 Å².